The van der Waals surface area contributed by atoms with E-state index in [2.05, 4.69) is 5.32 Å². The van der Waals surface area contributed by atoms with Crippen LogP contribution in [0.4, 0.5) is 9.59 Å². The average Bonchev–Trinajstić information content (AvgIpc) is 2.61. The van der Waals surface area contributed by atoms with Crippen LogP contribution in [0.2, 0.25) is 0 Å². The van der Waals surface area contributed by atoms with Crippen LogP contribution in [-0.4, -0.2) is 53.4 Å². The van der Waals surface area contributed by atoms with Crippen LogP contribution in [0, 0.1) is 0 Å². The second-order valence-corrected chi connectivity index (χ2v) is 5.68. The minimum atomic E-state index is -1.22. The molecule has 1 aliphatic rings. The van der Waals surface area contributed by atoms with Crippen LogP contribution in [0.1, 0.15) is 25.3 Å². The van der Waals surface area contributed by atoms with Gasteiger partial charge in [-0.15, -0.1) is 0 Å². The molecular weight excluding hydrogens is 328 g/mol. The van der Waals surface area contributed by atoms with Crippen molar-refractivity contribution in [1.82, 2.24) is 10.2 Å². The molecule has 0 saturated carbocycles. The first-order valence-corrected chi connectivity index (χ1v) is 8.14. The van der Waals surface area contributed by atoms with Crippen molar-refractivity contribution in [3.05, 3.63) is 35.9 Å². The number of amides is 2. The average molecular weight is 350 g/mol. The summed E-state index contributed by atoms with van der Waals surface area (Å²) in [6.07, 6.45) is -1.08. The molecule has 1 saturated heterocycles. The third-order valence-corrected chi connectivity index (χ3v) is 3.92. The summed E-state index contributed by atoms with van der Waals surface area (Å²) in [4.78, 5) is 36.1. The van der Waals surface area contributed by atoms with Crippen molar-refractivity contribution in [2.75, 3.05) is 13.2 Å². The molecule has 8 nitrogen and oxygen atoms in total. The number of benzene rings is 1. The van der Waals surface area contributed by atoms with Crippen molar-refractivity contribution in [1.29, 1.82) is 0 Å². The fraction of sp³-hybridized carbons (Fsp3) is 0.471. The smallest absolute Gasteiger partial charge is 0.408 e. The molecule has 2 atom stereocenters. The maximum absolute atomic E-state index is 11.9. The Labute approximate surface area is 145 Å². The van der Waals surface area contributed by atoms with Crippen molar-refractivity contribution in [3.63, 3.8) is 0 Å². The van der Waals surface area contributed by atoms with Crippen LogP contribution in [0.15, 0.2) is 30.3 Å². The van der Waals surface area contributed by atoms with Gasteiger partial charge in [0, 0.05) is 6.54 Å². The van der Waals surface area contributed by atoms with Crippen LogP contribution in [0.5, 0.6) is 0 Å². The van der Waals surface area contributed by atoms with Crippen molar-refractivity contribution in [2.45, 2.75) is 38.5 Å². The number of hydrogen-bond acceptors (Lipinski definition) is 5. The van der Waals surface area contributed by atoms with E-state index in [4.69, 9.17) is 9.47 Å². The Bertz CT molecular complexity index is 606. The molecule has 0 radical (unpaired) electrons. The van der Waals surface area contributed by atoms with Gasteiger partial charge in [0.05, 0.1) is 12.6 Å². The lowest BCUT2D eigenvalue weighted by Gasteiger charge is -2.36. The molecule has 0 unspecified atom stereocenters. The third kappa shape index (κ3) is 5.37. The monoisotopic (exact) mass is 350 g/mol. The van der Waals surface area contributed by atoms with Gasteiger partial charge in [-0.2, -0.15) is 0 Å². The summed E-state index contributed by atoms with van der Waals surface area (Å²) in [6, 6.07) is 7.98. The Hall–Kier alpha value is -2.77. The molecule has 1 heterocycles. The highest BCUT2D eigenvalue weighted by Crippen LogP contribution is 2.19. The lowest BCUT2D eigenvalue weighted by molar-refractivity contribution is -0.150. The standard InChI is InChI=1S/C17H22N2O6/c1-2-24-15(20)14-9-8-13(10-19(14)17(22)23)18-16(21)25-11-12-6-4-3-5-7-12/h3-7,13-14H,2,8-11H2,1H3,(H,18,21)(H,22,23)/t13-,14+/m0/s1. The van der Waals surface area contributed by atoms with E-state index < -0.39 is 30.2 Å². The number of esters is 1. The zero-order chi connectivity index (χ0) is 18.2. The predicted molar refractivity (Wildman–Crippen MR) is 87.9 cm³/mol. The number of alkyl carbamates (subject to hydrolysis) is 1. The van der Waals surface area contributed by atoms with Gasteiger partial charge in [-0.25, -0.2) is 14.4 Å². The molecule has 0 spiro atoms. The van der Waals surface area contributed by atoms with Gasteiger partial charge in [0.15, 0.2) is 0 Å². The Morgan fingerprint density at radius 2 is 1.92 bits per heavy atom. The first kappa shape index (κ1) is 18.6. The molecule has 2 N–H and O–H groups in total. The van der Waals surface area contributed by atoms with Gasteiger partial charge in [0.2, 0.25) is 0 Å². The van der Waals surface area contributed by atoms with E-state index in [0.717, 1.165) is 10.5 Å². The quantitative estimate of drug-likeness (QED) is 0.787. The molecule has 1 aromatic rings. The van der Waals surface area contributed by atoms with Crippen LogP contribution in [0.25, 0.3) is 0 Å². The van der Waals surface area contributed by atoms with Gasteiger partial charge in [0.1, 0.15) is 12.6 Å². The van der Waals surface area contributed by atoms with Crippen LogP contribution in [-0.2, 0) is 20.9 Å². The highest BCUT2D eigenvalue weighted by molar-refractivity contribution is 5.81. The Morgan fingerprint density at radius 1 is 1.20 bits per heavy atom. The molecule has 0 aliphatic carbocycles. The lowest BCUT2D eigenvalue weighted by Crippen LogP contribution is -2.56. The number of piperidine rings is 1. The number of rotatable bonds is 5. The molecule has 1 aliphatic heterocycles. The molecule has 0 bridgehead atoms. The van der Waals surface area contributed by atoms with E-state index in [1.54, 1.807) is 6.92 Å². The highest BCUT2D eigenvalue weighted by Gasteiger charge is 2.37. The van der Waals surface area contributed by atoms with Gasteiger partial charge in [-0.1, -0.05) is 30.3 Å². The number of carboxylic acid groups (broad SMARTS) is 1. The Kier molecular flexibility index (Phi) is 6.62. The van der Waals surface area contributed by atoms with Crippen LogP contribution < -0.4 is 5.32 Å². The number of likely N-dealkylation sites (tertiary alicyclic amines) is 1. The van der Waals surface area contributed by atoms with E-state index in [0.29, 0.717) is 6.42 Å². The van der Waals surface area contributed by atoms with Crippen LogP contribution in [0.3, 0.4) is 0 Å². The zero-order valence-corrected chi connectivity index (χ0v) is 14.0. The number of carbonyl (C=O) groups is 3. The largest absolute Gasteiger partial charge is 0.465 e. The Balaban J connectivity index is 1.86. The molecule has 1 fully saturated rings. The highest BCUT2D eigenvalue weighted by atomic mass is 16.5. The molecule has 2 rings (SSSR count). The summed E-state index contributed by atoms with van der Waals surface area (Å²) in [5.41, 5.74) is 0.857. The summed E-state index contributed by atoms with van der Waals surface area (Å²) in [5.74, 6) is -0.560. The minimum absolute atomic E-state index is 0.0131. The second kappa shape index (κ2) is 8.91. The lowest BCUT2D eigenvalue weighted by atomic mass is 9.99. The van der Waals surface area contributed by atoms with E-state index in [1.165, 1.54) is 0 Å². The van der Waals surface area contributed by atoms with Gasteiger partial charge >= 0.3 is 18.2 Å². The SMILES string of the molecule is CCOC(=O)[C@H]1CC[C@H](NC(=O)OCc2ccccc2)CN1C(=O)O. The first-order valence-electron chi connectivity index (χ1n) is 8.14. The van der Waals surface area contributed by atoms with Crippen molar-refractivity contribution in [3.8, 4) is 0 Å². The second-order valence-electron chi connectivity index (χ2n) is 5.68. The maximum atomic E-state index is 11.9. The molecule has 136 valence electrons. The number of nitrogens with zero attached hydrogens (tertiary/aromatic N) is 1. The van der Waals surface area contributed by atoms with Gasteiger partial charge < -0.3 is 19.9 Å². The molecule has 25 heavy (non-hydrogen) atoms. The van der Waals surface area contributed by atoms with Crippen molar-refractivity contribution < 1.29 is 29.0 Å². The predicted octanol–water partition coefficient (Wildman–Crippen LogP) is 1.99. The Morgan fingerprint density at radius 3 is 2.56 bits per heavy atom. The molecular formula is C17H22N2O6. The van der Waals surface area contributed by atoms with E-state index in [1.807, 2.05) is 30.3 Å². The fourth-order valence-corrected chi connectivity index (χ4v) is 2.72. The molecule has 8 heteroatoms. The summed E-state index contributed by atoms with van der Waals surface area (Å²) in [5, 5.41) is 12.0. The summed E-state index contributed by atoms with van der Waals surface area (Å²) >= 11 is 0. The zero-order valence-electron chi connectivity index (χ0n) is 14.0. The summed E-state index contributed by atoms with van der Waals surface area (Å²) in [6.45, 7) is 2.00. The number of carbonyl (C=O) groups excluding carboxylic acids is 2. The number of hydrogen-bond donors (Lipinski definition) is 2. The first-order chi connectivity index (χ1) is 12.0. The normalized spacial score (nSPS) is 19.8. The topological polar surface area (TPSA) is 105 Å². The van der Waals surface area contributed by atoms with Gasteiger partial charge in [-0.05, 0) is 25.3 Å². The number of ether oxygens (including phenoxy) is 2. The number of nitrogens with one attached hydrogen (secondary N) is 1. The van der Waals surface area contributed by atoms with Gasteiger partial charge in [-0.3, -0.25) is 4.90 Å². The minimum Gasteiger partial charge on any atom is -0.465 e. The fourth-order valence-electron chi connectivity index (χ4n) is 2.72. The summed E-state index contributed by atoms with van der Waals surface area (Å²) < 4.78 is 10.0. The van der Waals surface area contributed by atoms with E-state index in [-0.39, 0.29) is 26.2 Å². The van der Waals surface area contributed by atoms with Crippen LogP contribution >= 0.6 is 0 Å². The van der Waals surface area contributed by atoms with Crippen molar-refractivity contribution >= 4 is 18.2 Å². The van der Waals surface area contributed by atoms with E-state index >= 15 is 0 Å². The van der Waals surface area contributed by atoms with Gasteiger partial charge in [0.25, 0.3) is 0 Å². The molecule has 2 amide bonds. The van der Waals surface area contributed by atoms with Crippen molar-refractivity contribution in [2.24, 2.45) is 0 Å². The molecule has 0 aromatic heterocycles. The third-order valence-electron chi connectivity index (χ3n) is 3.92. The van der Waals surface area contributed by atoms with E-state index in [9.17, 15) is 19.5 Å². The maximum Gasteiger partial charge on any atom is 0.408 e. The molecule has 1 aromatic carbocycles. The summed E-state index contributed by atoms with van der Waals surface area (Å²) in [7, 11) is 0.